The van der Waals surface area contributed by atoms with Gasteiger partial charge in [0.2, 0.25) is 0 Å². The molecule has 0 N–H and O–H groups in total. The van der Waals surface area contributed by atoms with Crippen molar-refractivity contribution < 1.29 is 4.79 Å². The molecule has 0 atom stereocenters. The van der Waals surface area contributed by atoms with E-state index in [4.69, 9.17) is 11.6 Å². The number of halogens is 1. The Morgan fingerprint density at radius 2 is 1.89 bits per heavy atom. The molecular formula is C17H15ClO. The van der Waals surface area contributed by atoms with Gasteiger partial charge in [-0.25, -0.2) is 0 Å². The normalized spacial score (nSPS) is 10.9. The Balaban J connectivity index is 2.23. The molecule has 1 nitrogen and oxygen atoms in total. The lowest BCUT2D eigenvalue weighted by atomic mass is 10.0. The molecular weight excluding hydrogens is 256 g/mol. The Kier molecular flexibility index (Phi) is 4.18. The van der Waals surface area contributed by atoms with Crippen molar-refractivity contribution in [1.29, 1.82) is 0 Å². The molecule has 0 aliphatic carbocycles. The highest BCUT2D eigenvalue weighted by Gasteiger charge is 2.05. The van der Waals surface area contributed by atoms with Crippen LogP contribution in [0.2, 0.25) is 5.02 Å². The number of carbonyl (C=O) groups is 1. The summed E-state index contributed by atoms with van der Waals surface area (Å²) >= 11 is 5.90. The number of carbonyl (C=O) groups excluding carboxylic acids is 1. The van der Waals surface area contributed by atoms with Crippen LogP contribution in [0.15, 0.2) is 48.5 Å². The van der Waals surface area contributed by atoms with Gasteiger partial charge in [-0.3, -0.25) is 4.79 Å². The summed E-state index contributed by atoms with van der Waals surface area (Å²) in [7, 11) is 0. The first kappa shape index (κ1) is 13.6. The smallest absolute Gasteiger partial charge is 0.186 e. The van der Waals surface area contributed by atoms with Crippen LogP contribution in [0.3, 0.4) is 0 Å². The maximum atomic E-state index is 12.2. The summed E-state index contributed by atoms with van der Waals surface area (Å²) < 4.78 is 0. The zero-order valence-electron chi connectivity index (χ0n) is 11.0. The fraction of sp³-hybridized carbons (Fsp3) is 0.118. The van der Waals surface area contributed by atoms with Gasteiger partial charge >= 0.3 is 0 Å². The minimum atomic E-state index is 0.0150. The van der Waals surface area contributed by atoms with E-state index in [1.54, 1.807) is 12.2 Å². The molecule has 2 aromatic rings. The maximum absolute atomic E-state index is 12.2. The molecule has 0 saturated heterocycles. The van der Waals surface area contributed by atoms with E-state index in [9.17, 15) is 4.79 Å². The Labute approximate surface area is 118 Å². The number of hydrogen-bond donors (Lipinski definition) is 0. The fourth-order valence-electron chi connectivity index (χ4n) is 1.87. The van der Waals surface area contributed by atoms with E-state index in [0.29, 0.717) is 5.02 Å². The van der Waals surface area contributed by atoms with Gasteiger partial charge in [0.1, 0.15) is 0 Å². The monoisotopic (exact) mass is 270 g/mol. The first-order valence-corrected chi connectivity index (χ1v) is 6.49. The number of rotatable bonds is 3. The van der Waals surface area contributed by atoms with E-state index in [0.717, 1.165) is 22.3 Å². The second-order valence-electron chi connectivity index (χ2n) is 4.57. The van der Waals surface area contributed by atoms with Crippen molar-refractivity contribution in [1.82, 2.24) is 0 Å². The van der Waals surface area contributed by atoms with Crippen molar-refractivity contribution >= 4 is 23.5 Å². The molecule has 0 aliphatic rings. The highest BCUT2D eigenvalue weighted by Crippen LogP contribution is 2.15. The molecule has 0 unspecified atom stereocenters. The highest BCUT2D eigenvalue weighted by molar-refractivity contribution is 6.30. The van der Waals surface area contributed by atoms with Gasteiger partial charge in [0.15, 0.2) is 5.78 Å². The molecule has 0 aliphatic heterocycles. The Hall–Kier alpha value is -1.86. The van der Waals surface area contributed by atoms with Crippen molar-refractivity contribution in [2.24, 2.45) is 0 Å². The first-order chi connectivity index (χ1) is 9.06. The van der Waals surface area contributed by atoms with Gasteiger partial charge in [-0.1, -0.05) is 47.5 Å². The van der Waals surface area contributed by atoms with Crippen molar-refractivity contribution in [2.45, 2.75) is 13.8 Å². The van der Waals surface area contributed by atoms with Crippen LogP contribution in [-0.2, 0) is 0 Å². The maximum Gasteiger partial charge on any atom is 0.186 e. The van der Waals surface area contributed by atoms with E-state index in [-0.39, 0.29) is 5.78 Å². The van der Waals surface area contributed by atoms with Gasteiger partial charge in [-0.15, -0.1) is 0 Å². The van der Waals surface area contributed by atoms with Gasteiger partial charge in [0.05, 0.1) is 0 Å². The minimum absolute atomic E-state index is 0.0150. The summed E-state index contributed by atoms with van der Waals surface area (Å²) in [6.45, 7) is 3.93. The van der Waals surface area contributed by atoms with Crippen molar-refractivity contribution in [3.63, 3.8) is 0 Å². The van der Waals surface area contributed by atoms with E-state index < -0.39 is 0 Å². The average molecular weight is 271 g/mol. The van der Waals surface area contributed by atoms with Crippen LogP contribution < -0.4 is 0 Å². The summed E-state index contributed by atoms with van der Waals surface area (Å²) in [4.78, 5) is 12.2. The number of aryl methyl sites for hydroxylation is 2. The molecule has 0 amide bonds. The van der Waals surface area contributed by atoms with Crippen molar-refractivity contribution in [3.8, 4) is 0 Å². The summed E-state index contributed by atoms with van der Waals surface area (Å²) in [5, 5.41) is 0.668. The molecule has 0 saturated carbocycles. The summed E-state index contributed by atoms with van der Waals surface area (Å²) in [6.07, 6.45) is 3.38. The van der Waals surface area contributed by atoms with Crippen LogP contribution >= 0.6 is 11.6 Å². The third kappa shape index (κ3) is 3.55. The molecule has 0 fully saturated rings. The number of benzene rings is 2. The molecule has 0 aromatic heterocycles. The van der Waals surface area contributed by atoms with Gasteiger partial charge in [-0.2, -0.15) is 0 Å². The van der Waals surface area contributed by atoms with Crippen LogP contribution in [0.1, 0.15) is 27.0 Å². The number of ketones is 1. The number of hydrogen-bond acceptors (Lipinski definition) is 1. The Morgan fingerprint density at radius 3 is 2.63 bits per heavy atom. The zero-order valence-corrected chi connectivity index (χ0v) is 11.7. The lowest BCUT2D eigenvalue weighted by molar-refractivity contribution is 0.104. The second kappa shape index (κ2) is 5.85. The Bertz CT molecular complexity index is 641. The van der Waals surface area contributed by atoms with E-state index in [2.05, 4.69) is 0 Å². The van der Waals surface area contributed by atoms with Crippen molar-refractivity contribution in [3.05, 3.63) is 75.8 Å². The van der Waals surface area contributed by atoms with Crippen LogP contribution in [0.5, 0.6) is 0 Å². The van der Waals surface area contributed by atoms with Crippen LogP contribution in [0, 0.1) is 13.8 Å². The van der Waals surface area contributed by atoms with Gasteiger partial charge in [0, 0.05) is 10.6 Å². The minimum Gasteiger partial charge on any atom is -0.289 e. The molecule has 2 aromatic carbocycles. The van der Waals surface area contributed by atoms with Crippen LogP contribution in [0.25, 0.3) is 6.08 Å². The quantitative estimate of drug-likeness (QED) is 0.575. The highest BCUT2D eigenvalue weighted by atomic mass is 35.5. The third-order valence-electron chi connectivity index (χ3n) is 2.93. The van der Waals surface area contributed by atoms with Gasteiger partial charge in [-0.05, 0) is 49.2 Å². The molecule has 0 heterocycles. The standard InChI is InChI=1S/C17H15ClO/c1-12-6-7-13(2)16(10-12)17(19)9-8-14-4-3-5-15(18)11-14/h3-11H,1-2H3/b9-8+. The average Bonchev–Trinajstić information content (AvgIpc) is 2.39. The molecule has 96 valence electrons. The van der Waals surface area contributed by atoms with E-state index in [1.807, 2.05) is 56.3 Å². The van der Waals surface area contributed by atoms with E-state index in [1.165, 1.54) is 0 Å². The molecule has 0 radical (unpaired) electrons. The van der Waals surface area contributed by atoms with Crippen LogP contribution in [0.4, 0.5) is 0 Å². The summed E-state index contributed by atoms with van der Waals surface area (Å²) in [5.74, 6) is 0.0150. The van der Waals surface area contributed by atoms with Crippen molar-refractivity contribution in [2.75, 3.05) is 0 Å². The lowest BCUT2D eigenvalue weighted by Crippen LogP contribution is -1.98. The van der Waals surface area contributed by atoms with E-state index >= 15 is 0 Å². The summed E-state index contributed by atoms with van der Waals surface area (Å²) in [5.41, 5.74) is 3.75. The Morgan fingerprint density at radius 1 is 1.11 bits per heavy atom. The largest absolute Gasteiger partial charge is 0.289 e. The summed E-state index contributed by atoms with van der Waals surface area (Å²) in [6, 6.07) is 13.3. The van der Waals surface area contributed by atoms with Gasteiger partial charge < -0.3 is 0 Å². The van der Waals surface area contributed by atoms with Gasteiger partial charge in [0.25, 0.3) is 0 Å². The molecule has 2 heteroatoms. The zero-order chi connectivity index (χ0) is 13.8. The molecule has 19 heavy (non-hydrogen) atoms. The third-order valence-corrected chi connectivity index (χ3v) is 3.17. The number of allylic oxidation sites excluding steroid dienone is 1. The van der Waals surface area contributed by atoms with Crippen LogP contribution in [-0.4, -0.2) is 5.78 Å². The molecule has 2 rings (SSSR count). The predicted molar refractivity (Wildman–Crippen MR) is 80.7 cm³/mol. The second-order valence-corrected chi connectivity index (χ2v) is 5.01. The molecule has 0 spiro atoms. The lowest BCUT2D eigenvalue weighted by Gasteiger charge is -2.03. The molecule has 0 bridgehead atoms. The topological polar surface area (TPSA) is 17.1 Å². The first-order valence-electron chi connectivity index (χ1n) is 6.11. The fourth-order valence-corrected chi connectivity index (χ4v) is 2.07. The SMILES string of the molecule is Cc1ccc(C)c(C(=O)/C=C/c2cccc(Cl)c2)c1. The predicted octanol–water partition coefficient (Wildman–Crippen LogP) is 4.85.